The first-order chi connectivity index (χ1) is 58.4. The summed E-state index contributed by atoms with van der Waals surface area (Å²) in [5, 5.41) is 0. The van der Waals surface area contributed by atoms with Crippen LogP contribution in [0.2, 0.25) is 0 Å². The van der Waals surface area contributed by atoms with Gasteiger partial charge < -0.3 is 66.3 Å². The number of esters is 7. The van der Waals surface area contributed by atoms with E-state index in [1.807, 2.05) is 0 Å². The van der Waals surface area contributed by atoms with Crippen LogP contribution in [0.15, 0.2) is 224 Å². The van der Waals surface area contributed by atoms with Crippen LogP contribution >= 0.6 is 0 Å². The number of carbonyl (C=O) groups excluding carboxylic acids is 7. The van der Waals surface area contributed by atoms with E-state index in [2.05, 4.69) is 6.58 Å². The first-order valence-corrected chi connectivity index (χ1v) is 36.2. The first kappa shape index (κ1) is 101. The van der Waals surface area contributed by atoms with E-state index in [1.54, 1.807) is 0 Å². The Morgan fingerprint density at radius 3 is 0.632 bits per heavy atom. The molecule has 0 amide bonds. The summed E-state index contributed by atoms with van der Waals surface area (Å²) < 4.78 is 409. The standard InChI is InChI=1S/C83H75F21O21/c1-50(44-45-58(121-65(107)72(114-4,79(90,91)92)53-34-20-11-21-35-53)59(122-66(108)73(115-5,80(93,94)95)54-36-22-12-23-37-54)46-48-119-63(105)70(112-2,77(84,85)86)51-30-16-9-17-31-51)61(124-68(110)75(117-7,82(99,100)101)56-40-26-14-27-41-56)62(125-69(111)76(118-8,83(102,103)104)57-42-28-15-29-43-57)60(123-67(109)74(116-6,81(96,97)98)55-38-24-13-25-39-55)47-49-120-64(106)71(113-3,78(87,88)89)52-32-18-10-19-33-52/h9-43,58-62H,1,44-49H2,2-8H3/t58-,59-,60-,61-,62-,70+,71+,72+,73+,74+,75+,76+/m1/s1. The quantitative estimate of drug-likeness (QED) is 0.0150. The van der Waals surface area contributed by atoms with Crippen molar-refractivity contribution in [2.24, 2.45) is 0 Å². The molecule has 0 aliphatic carbocycles. The number of halogens is 21. The van der Waals surface area contributed by atoms with Gasteiger partial charge in [-0.15, -0.1) is 0 Å². The van der Waals surface area contributed by atoms with Gasteiger partial charge in [0.05, 0.1) is 13.2 Å². The summed E-state index contributed by atoms with van der Waals surface area (Å²) in [6.45, 7) is -0.307. The van der Waals surface area contributed by atoms with Crippen LogP contribution < -0.4 is 0 Å². The molecule has 21 nitrogen and oxygen atoms in total. The summed E-state index contributed by atoms with van der Waals surface area (Å²) in [4.78, 5) is 105. The number of alkyl halides is 21. The summed E-state index contributed by atoms with van der Waals surface area (Å²) in [6.07, 6.45) is -68.8. The van der Waals surface area contributed by atoms with E-state index in [0.29, 0.717) is 92.0 Å². The molecule has 0 unspecified atom stereocenters. The molecule has 7 aromatic carbocycles. The average molecular weight is 1810 g/mol. The highest BCUT2D eigenvalue weighted by atomic mass is 19.4. The molecule has 0 heterocycles. The molecule has 680 valence electrons. The summed E-state index contributed by atoms with van der Waals surface area (Å²) in [5.74, 6) is -19.8. The lowest BCUT2D eigenvalue weighted by Crippen LogP contribution is -2.59. The number of hydrogen-bond donors (Lipinski definition) is 0. The van der Waals surface area contributed by atoms with Crippen molar-refractivity contribution in [3.8, 4) is 0 Å². The predicted octanol–water partition coefficient (Wildman–Crippen LogP) is 16.5. The Kier molecular flexibility index (Phi) is 32.3. The lowest BCUT2D eigenvalue weighted by molar-refractivity contribution is -0.290. The SMILES string of the molecule is C=C(CC[C@@H](OC(=O)[C@@](OC)(c1ccccc1)C(F)(F)F)[C@@H](CCOC(=O)[C@@](OC)(c1ccccc1)C(F)(F)F)OC(=O)[C@@](OC)(c1ccccc1)C(F)(F)F)[C@@H](OC(=O)[C@@](OC)(c1ccccc1)C(F)(F)F)[C@H](OC(=O)[C@@](OC)(c1ccccc1)C(F)(F)F)[C@@H](CCOC(=O)[C@@](OC)(c1ccccc1)C(F)(F)F)OC(=O)[C@@](OC)(c1ccccc1)C(F)(F)F. The zero-order valence-corrected chi connectivity index (χ0v) is 66.1. The number of carbonyl (C=O) groups is 7. The van der Waals surface area contributed by atoms with Gasteiger partial charge in [-0.05, 0) is 18.4 Å². The molecule has 0 saturated heterocycles. The molecule has 125 heavy (non-hydrogen) atoms. The van der Waals surface area contributed by atoms with E-state index in [0.717, 1.165) is 127 Å². The van der Waals surface area contributed by atoms with Gasteiger partial charge in [-0.3, -0.25) is 0 Å². The van der Waals surface area contributed by atoms with Crippen LogP contribution in [-0.2, 0) is 139 Å². The van der Waals surface area contributed by atoms with Crippen LogP contribution in [0.3, 0.4) is 0 Å². The highest BCUT2D eigenvalue weighted by molar-refractivity contribution is 5.87. The zero-order chi connectivity index (χ0) is 93.4. The maximum absolute atomic E-state index is 16.5. The molecule has 0 aliphatic heterocycles. The number of methoxy groups -OCH3 is 7. The fourth-order valence-electron chi connectivity index (χ4n) is 13.6. The molecule has 0 radical (unpaired) electrons. The highest BCUT2D eigenvalue weighted by Crippen LogP contribution is 2.52. The topological polar surface area (TPSA) is 249 Å². The molecule has 0 spiro atoms. The second kappa shape index (κ2) is 40.0. The van der Waals surface area contributed by atoms with Gasteiger partial charge in [0.25, 0.3) is 39.2 Å². The second-order valence-corrected chi connectivity index (χ2v) is 26.8. The van der Waals surface area contributed by atoms with Crippen molar-refractivity contribution in [1.29, 1.82) is 0 Å². The molecule has 0 aromatic heterocycles. The molecule has 7 rings (SSSR count). The summed E-state index contributed by atoms with van der Waals surface area (Å²) in [6, 6.07) is 26.8. The molecule has 42 heteroatoms. The molecular formula is C83H75F21O21. The van der Waals surface area contributed by atoms with Crippen LogP contribution in [-0.4, -0.2) is 179 Å². The number of hydrogen-bond acceptors (Lipinski definition) is 21. The third kappa shape index (κ3) is 19.6. The minimum atomic E-state index is -6.34. The summed E-state index contributed by atoms with van der Waals surface area (Å²) >= 11 is 0. The van der Waals surface area contributed by atoms with E-state index in [4.69, 9.17) is 66.3 Å². The number of ether oxygens (including phenoxy) is 14. The highest BCUT2D eigenvalue weighted by Gasteiger charge is 2.72. The van der Waals surface area contributed by atoms with Gasteiger partial charge in [0.1, 0.15) is 18.3 Å². The van der Waals surface area contributed by atoms with Crippen LogP contribution in [0.5, 0.6) is 0 Å². The van der Waals surface area contributed by atoms with E-state index in [-0.39, 0.29) is 42.7 Å². The maximum Gasteiger partial charge on any atom is 0.432 e. The van der Waals surface area contributed by atoms with Gasteiger partial charge >= 0.3 is 85.0 Å². The average Bonchev–Trinajstić information content (AvgIpc) is 0.745. The molecule has 0 saturated carbocycles. The van der Waals surface area contributed by atoms with Gasteiger partial charge in [-0.1, -0.05) is 219 Å². The Morgan fingerprint density at radius 1 is 0.248 bits per heavy atom. The maximum atomic E-state index is 16.5. The van der Waals surface area contributed by atoms with E-state index < -0.39 is 238 Å². The van der Waals surface area contributed by atoms with Crippen LogP contribution in [0.25, 0.3) is 0 Å². The van der Waals surface area contributed by atoms with Crippen LogP contribution in [0, 0.1) is 0 Å². The fraction of sp³-hybridized carbons (Fsp3) is 0.386. The van der Waals surface area contributed by atoms with Gasteiger partial charge in [0.15, 0.2) is 12.2 Å². The van der Waals surface area contributed by atoms with E-state index in [9.17, 15) is 9.59 Å². The van der Waals surface area contributed by atoms with Crippen molar-refractivity contribution in [3.05, 3.63) is 263 Å². The lowest BCUT2D eigenvalue weighted by atomic mass is 9.89. The summed E-state index contributed by atoms with van der Waals surface area (Å²) in [7, 11) is 1.39. The number of benzene rings is 7. The van der Waals surface area contributed by atoms with Crippen LogP contribution in [0.4, 0.5) is 92.2 Å². The Hall–Kier alpha value is -11.2. The molecular weight excluding hydrogens is 1730 g/mol. The van der Waals surface area contributed by atoms with Crippen LogP contribution in [0.1, 0.15) is 64.6 Å². The van der Waals surface area contributed by atoms with E-state index >= 15 is 116 Å². The van der Waals surface area contributed by atoms with Gasteiger partial charge in [0.2, 0.25) is 0 Å². The second-order valence-electron chi connectivity index (χ2n) is 26.8. The van der Waals surface area contributed by atoms with E-state index in [1.165, 1.54) is 0 Å². The molecule has 12 atom stereocenters. The first-order valence-electron chi connectivity index (χ1n) is 36.2. The van der Waals surface area contributed by atoms with Gasteiger partial charge in [-0.2, -0.15) is 92.2 Å². The fourth-order valence-corrected chi connectivity index (χ4v) is 13.6. The monoisotopic (exact) mass is 1810 g/mol. The molecule has 0 N–H and O–H groups in total. The third-order valence-corrected chi connectivity index (χ3v) is 20.0. The Morgan fingerprint density at radius 2 is 0.424 bits per heavy atom. The molecule has 0 bridgehead atoms. The normalized spacial score (nSPS) is 17.1. The Balaban J connectivity index is 1.64. The molecule has 0 fully saturated rings. The predicted molar refractivity (Wildman–Crippen MR) is 387 cm³/mol. The lowest BCUT2D eigenvalue weighted by Gasteiger charge is -2.41. The zero-order valence-electron chi connectivity index (χ0n) is 66.1. The molecule has 7 aromatic rings. The van der Waals surface area contributed by atoms with Crippen molar-refractivity contribution in [1.82, 2.24) is 0 Å². The molecule has 0 aliphatic rings. The van der Waals surface area contributed by atoms with Gasteiger partial charge in [0, 0.05) is 102 Å². The minimum absolute atomic E-state index is 0.116. The third-order valence-electron chi connectivity index (χ3n) is 20.0. The largest absolute Gasteiger partial charge is 0.463 e. The van der Waals surface area contributed by atoms with Crippen molar-refractivity contribution in [3.63, 3.8) is 0 Å². The Labute approximate surface area is 696 Å². The van der Waals surface area contributed by atoms with Crippen molar-refractivity contribution >= 4 is 41.8 Å². The number of rotatable bonds is 39. The van der Waals surface area contributed by atoms with Gasteiger partial charge in [-0.25, -0.2) is 33.6 Å². The van der Waals surface area contributed by atoms with Crippen molar-refractivity contribution in [2.45, 2.75) is 139 Å². The summed E-state index contributed by atoms with van der Waals surface area (Å²) in [5.41, 5.74) is -42.5. The Bertz CT molecular complexity index is 4760. The minimum Gasteiger partial charge on any atom is -0.463 e. The van der Waals surface area contributed by atoms with Crippen molar-refractivity contribution in [2.75, 3.05) is 63.0 Å². The smallest absolute Gasteiger partial charge is 0.432 e. The van der Waals surface area contributed by atoms with Crippen molar-refractivity contribution < 1.29 is 192 Å².